The van der Waals surface area contributed by atoms with Crippen molar-refractivity contribution in [1.29, 1.82) is 0 Å². The van der Waals surface area contributed by atoms with Crippen LogP contribution in [0.15, 0.2) is 0 Å². The molecule has 2 rings (SSSR count). The number of aliphatic carboxylic acids is 1. The standard InChI is InChI=1S/C12H24N2O2.C7H16N2.C2HF3O2/c1-9-7-14(8-10(2)13(9)6)11(15)16-12(3,4)5;1-6-4-8-5-7(2)9(6)3;3-2(4,5)1(6)7/h9-10H,7-8H2,1-6H3;6-8H,4-5H2,1-3H3;(H,6,7)/t9-,10+;6-,7+;. The molecule has 8 nitrogen and oxygen atoms in total. The van der Waals surface area contributed by atoms with E-state index < -0.39 is 17.7 Å². The van der Waals surface area contributed by atoms with E-state index in [4.69, 9.17) is 14.6 Å². The highest BCUT2D eigenvalue weighted by Crippen LogP contribution is 2.17. The van der Waals surface area contributed by atoms with E-state index in [1.807, 2.05) is 20.8 Å². The minimum atomic E-state index is -5.08. The Kier molecular flexibility index (Phi) is 12.0. The van der Waals surface area contributed by atoms with Crippen LogP contribution in [0.2, 0.25) is 0 Å². The van der Waals surface area contributed by atoms with Gasteiger partial charge in [-0.1, -0.05) is 0 Å². The Bertz CT molecular complexity index is 577. The molecule has 4 atom stereocenters. The van der Waals surface area contributed by atoms with Gasteiger partial charge in [-0.15, -0.1) is 0 Å². The Morgan fingerprint density at radius 3 is 1.50 bits per heavy atom. The van der Waals surface area contributed by atoms with Crippen molar-refractivity contribution in [3.63, 3.8) is 0 Å². The molecule has 11 heteroatoms. The summed E-state index contributed by atoms with van der Waals surface area (Å²) in [4.78, 5) is 27.3. The van der Waals surface area contributed by atoms with Crippen LogP contribution in [-0.4, -0.2) is 108 Å². The zero-order chi connectivity index (χ0) is 25.4. The van der Waals surface area contributed by atoms with Crippen molar-refractivity contribution in [2.75, 3.05) is 40.3 Å². The number of ether oxygens (including phenoxy) is 1. The van der Waals surface area contributed by atoms with E-state index in [-0.39, 0.29) is 6.09 Å². The number of piperazine rings is 2. The lowest BCUT2D eigenvalue weighted by Crippen LogP contribution is -2.57. The first kappa shape index (κ1) is 30.4. The first-order valence-electron chi connectivity index (χ1n) is 10.8. The van der Waals surface area contributed by atoms with Crippen LogP contribution in [-0.2, 0) is 9.53 Å². The molecule has 0 radical (unpaired) electrons. The molecule has 2 N–H and O–H groups in total. The van der Waals surface area contributed by atoms with Gasteiger partial charge in [0.05, 0.1) is 0 Å². The van der Waals surface area contributed by atoms with E-state index in [1.165, 1.54) is 0 Å². The summed E-state index contributed by atoms with van der Waals surface area (Å²) in [5, 5.41) is 10.5. The normalized spacial score (nSPS) is 27.4. The van der Waals surface area contributed by atoms with Crippen molar-refractivity contribution in [1.82, 2.24) is 20.0 Å². The van der Waals surface area contributed by atoms with Gasteiger partial charge in [-0.05, 0) is 62.6 Å². The van der Waals surface area contributed by atoms with Crippen molar-refractivity contribution >= 4 is 12.1 Å². The third-order valence-electron chi connectivity index (χ3n) is 5.52. The number of hydrogen-bond donors (Lipinski definition) is 2. The fourth-order valence-electron chi connectivity index (χ4n) is 3.10. The summed E-state index contributed by atoms with van der Waals surface area (Å²) in [6, 6.07) is 2.18. The average Bonchev–Trinajstić information content (AvgIpc) is 2.62. The van der Waals surface area contributed by atoms with Crippen LogP contribution in [0.5, 0.6) is 0 Å². The number of carbonyl (C=O) groups excluding carboxylic acids is 1. The van der Waals surface area contributed by atoms with Crippen LogP contribution in [0.25, 0.3) is 0 Å². The highest BCUT2D eigenvalue weighted by molar-refractivity contribution is 5.73. The van der Waals surface area contributed by atoms with E-state index in [0.29, 0.717) is 24.2 Å². The number of carboxylic acids is 1. The number of nitrogens with zero attached hydrogens (tertiary/aromatic N) is 3. The maximum Gasteiger partial charge on any atom is 0.490 e. The molecular formula is C21H41F3N4O4. The highest BCUT2D eigenvalue weighted by Gasteiger charge is 2.38. The van der Waals surface area contributed by atoms with Gasteiger partial charge < -0.3 is 20.1 Å². The van der Waals surface area contributed by atoms with Gasteiger partial charge in [0.25, 0.3) is 0 Å². The maximum atomic E-state index is 11.9. The number of halogens is 3. The van der Waals surface area contributed by atoms with E-state index in [1.54, 1.807) is 4.90 Å². The second-order valence-electron chi connectivity index (χ2n) is 9.57. The lowest BCUT2D eigenvalue weighted by molar-refractivity contribution is -0.192. The molecule has 0 spiro atoms. The third kappa shape index (κ3) is 11.3. The number of amides is 1. The zero-order valence-corrected chi connectivity index (χ0v) is 20.8. The average molecular weight is 471 g/mol. The topological polar surface area (TPSA) is 85.4 Å². The second kappa shape index (κ2) is 12.6. The highest BCUT2D eigenvalue weighted by atomic mass is 19.4. The van der Waals surface area contributed by atoms with Crippen LogP contribution in [0, 0.1) is 0 Å². The molecule has 2 aliphatic rings. The summed E-state index contributed by atoms with van der Waals surface area (Å²) in [5.74, 6) is -2.76. The van der Waals surface area contributed by atoms with Crippen LogP contribution >= 0.6 is 0 Å². The van der Waals surface area contributed by atoms with Gasteiger partial charge in [-0.25, -0.2) is 9.59 Å². The van der Waals surface area contributed by atoms with Gasteiger partial charge in [0.1, 0.15) is 5.60 Å². The largest absolute Gasteiger partial charge is 0.490 e. The van der Waals surface area contributed by atoms with Crippen LogP contribution in [0.3, 0.4) is 0 Å². The van der Waals surface area contributed by atoms with Gasteiger partial charge in [-0.3, -0.25) is 9.80 Å². The number of hydrogen-bond acceptors (Lipinski definition) is 6. The zero-order valence-electron chi connectivity index (χ0n) is 20.8. The molecule has 0 saturated carbocycles. The summed E-state index contributed by atoms with van der Waals surface area (Å²) >= 11 is 0. The lowest BCUT2D eigenvalue weighted by Gasteiger charge is -2.42. The number of nitrogens with one attached hydrogen (secondary N) is 1. The van der Waals surface area contributed by atoms with E-state index >= 15 is 0 Å². The van der Waals surface area contributed by atoms with Crippen molar-refractivity contribution in [2.24, 2.45) is 0 Å². The second-order valence-corrected chi connectivity index (χ2v) is 9.57. The van der Waals surface area contributed by atoms with Gasteiger partial charge in [-0.2, -0.15) is 13.2 Å². The predicted molar refractivity (Wildman–Crippen MR) is 118 cm³/mol. The van der Waals surface area contributed by atoms with Gasteiger partial charge in [0, 0.05) is 50.3 Å². The number of rotatable bonds is 0. The predicted octanol–water partition coefficient (Wildman–Crippen LogP) is 2.88. The van der Waals surface area contributed by atoms with Gasteiger partial charge >= 0.3 is 18.2 Å². The van der Waals surface area contributed by atoms with Gasteiger partial charge in [0.2, 0.25) is 0 Å². The van der Waals surface area contributed by atoms with Crippen molar-refractivity contribution in [3.8, 4) is 0 Å². The molecule has 0 aromatic heterocycles. The Morgan fingerprint density at radius 1 is 0.875 bits per heavy atom. The molecule has 32 heavy (non-hydrogen) atoms. The molecule has 0 aromatic rings. The summed E-state index contributed by atoms with van der Waals surface area (Å²) in [5.41, 5.74) is -0.410. The Balaban J connectivity index is 0.000000506. The number of carboxylic acid groups (broad SMARTS) is 1. The monoisotopic (exact) mass is 470 g/mol. The molecule has 2 heterocycles. The summed E-state index contributed by atoms with van der Waals surface area (Å²) in [6.45, 7) is 18.2. The number of likely N-dealkylation sites (N-methyl/N-ethyl adjacent to an activating group) is 2. The first-order valence-corrected chi connectivity index (χ1v) is 10.8. The molecule has 2 fully saturated rings. The molecular weight excluding hydrogens is 429 g/mol. The molecule has 190 valence electrons. The van der Waals surface area contributed by atoms with Crippen LogP contribution in [0.4, 0.5) is 18.0 Å². The minimum Gasteiger partial charge on any atom is -0.475 e. The van der Waals surface area contributed by atoms with Crippen LogP contribution < -0.4 is 5.32 Å². The van der Waals surface area contributed by atoms with Crippen molar-refractivity contribution in [2.45, 2.75) is 84.4 Å². The Morgan fingerprint density at radius 2 is 1.22 bits per heavy atom. The smallest absolute Gasteiger partial charge is 0.475 e. The fourth-order valence-corrected chi connectivity index (χ4v) is 3.10. The molecule has 1 amide bonds. The fraction of sp³-hybridized carbons (Fsp3) is 0.905. The van der Waals surface area contributed by atoms with E-state index in [2.05, 4.69) is 56.9 Å². The van der Waals surface area contributed by atoms with E-state index in [0.717, 1.165) is 26.2 Å². The number of alkyl halides is 3. The minimum absolute atomic E-state index is 0.195. The SMILES string of the molecule is C[C@@H]1CN(C(=O)OC(C)(C)C)C[C@H](C)N1C.C[C@@H]1CNC[C@H](C)N1C.O=C(O)C(F)(F)F. The molecule has 2 saturated heterocycles. The molecule has 2 aliphatic heterocycles. The lowest BCUT2D eigenvalue weighted by atomic mass is 10.1. The molecule has 0 aromatic carbocycles. The Hall–Kier alpha value is -1.59. The van der Waals surface area contributed by atoms with Gasteiger partial charge in [0.15, 0.2) is 0 Å². The van der Waals surface area contributed by atoms with Crippen molar-refractivity contribution < 1.29 is 32.6 Å². The third-order valence-corrected chi connectivity index (χ3v) is 5.52. The Labute approximate surface area is 190 Å². The maximum absolute atomic E-state index is 11.9. The summed E-state index contributed by atoms with van der Waals surface area (Å²) in [6.07, 6.45) is -5.28. The van der Waals surface area contributed by atoms with E-state index in [9.17, 15) is 18.0 Å². The number of carbonyl (C=O) groups is 2. The summed E-state index contributed by atoms with van der Waals surface area (Å²) in [7, 11) is 4.29. The quantitative estimate of drug-likeness (QED) is 0.563. The molecule has 0 bridgehead atoms. The summed E-state index contributed by atoms with van der Waals surface area (Å²) < 4.78 is 37.1. The molecule has 0 unspecified atom stereocenters. The van der Waals surface area contributed by atoms with Crippen molar-refractivity contribution in [3.05, 3.63) is 0 Å². The molecule has 0 aliphatic carbocycles. The first-order chi connectivity index (χ1) is 14.4. The van der Waals surface area contributed by atoms with Crippen LogP contribution in [0.1, 0.15) is 48.5 Å².